The number of fused-ring (bicyclic) bond motifs is 2. The molecule has 15 heteroatoms. The molecule has 0 saturated carbocycles. The molecule has 1 saturated heterocycles. The van der Waals surface area contributed by atoms with Crippen LogP contribution in [0.3, 0.4) is 0 Å². The number of carbonyl (C=O) groups is 2. The van der Waals surface area contributed by atoms with Crippen LogP contribution in [0, 0.1) is 5.92 Å². The average Bonchev–Trinajstić information content (AvgIpc) is 3.65. The van der Waals surface area contributed by atoms with Crippen molar-refractivity contribution in [3.05, 3.63) is 83.0 Å². The van der Waals surface area contributed by atoms with E-state index in [0.717, 1.165) is 11.3 Å². The summed E-state index contributed by atoms with van der Waals surface area (Å²) in [5.74, 6) is -4.17. The van der Waals surface area contributed by atoms with E-state index in [9.17, 15) is 34.8 Å². The Bertz CT molecular complexity index is 1820. The summed E-state index contributed by atoms with van der Waals surface area (Å²) >= 11 is 0. The molecule has 5 N–H and O–H groups in total. The number of aromatic hydroxyl groups is 1. The van der Waals surface area contributed by atoms with Gasteiger partial charge in [-0.1, -0.05) is 12.1 Å². The number of phenolic OH excluding ortho intramolecular Hbond substituents is 1. The van der Waals surface area contributed by atoms with Crippen molar-refractivity contribution in [3.8, 4) is 22.6 Å². The van der Waals surface area contributed by atoms with Gasteiger partial charge in [0.15, 0.2) is 12.0 Å². The predicted molar refractivity (Wildman–Crippen MR) is 160 cm³/mol. The Balaban J connectivity index is 1.24. The van der Waals surface area contributed by atoms with Gasteiger partial charge in [-0.3, -0.25) is 14.6 Å². The number of aliphatic imine (C=N–C) groups is 1. The highest BCUT2D eigenvalue weighted by Gasteiger charge is 2.50. The van der Waals surface area contributed by atoms with E-state index in [1.165, 1.54) is 43.6 Å². The van der Waals surface area contributed by atoms with Crippen LogP contribution < -0.4 is 25.7 Å². The summed E-state index contributed by atoms with van der Waals surface area (Å²) < 4.78 is 22.9. The largest absolute Gasteiger partial charge is 0.549 e. The molecule has 0 bridgehead atoms. The smallest absolute Gasteiger partial charge is 0.316 e. The van der Waals surface area contributed by atoms with Crippen LogP contribution >= 0.6 is 0 Å². The number of hydroxylamine groups is 2. The van der Waals surface area contributed by atoms with Gasteiger partial charge in [-0.25, -0.2) is 0 Å². The third-order valence-electron chi connectivity index (χ3n) is 7.95. The third kappa shape index (κ3) is 6.66. The van der Waals surface area contributed by atoms with E-state index >= 15 is 0 Å². The van der Waals surface area contributed by atoms with Crippen LogP contribution in [-0.2, 0) is 23.9 Å². The topological polar surface area (TPSA) is 214 Å². The average molecular weight is 650 g/mol. The first-order chi connectivity index (χ1) is 22.6. The Morgan fingerprint density at radius 3 is 2.68 bits per heavy atom. The zero-order valence-corrected chi connectivity index (χ0v) is 24.9. The quantitative estimate of drug-likeness (QED) is 0.114. The van der Waals surface area contributed by atoms with Gasteiger partial charge >= 0.3 is 5.97 Å². The molecule has 0 radical (unpaired) electrons. The van der Waals surface area contributed by atoms with E-state index in [2.05, 4.69) is 10.3 Å². The lowest BCUT2D eigenvalue weighted by molar-refractivity contribution is -1.05. The van der Waals surface area contributed by atoms with Crippen LogP contribution in [0.1, 0.15) is 0 Å². The second kappa shape index (κ2) is 13.4. The highest BCUT2D eigenvalue weighted by molar-refractivity contribution is 6.06. The molecular weight excluding hydrogens is 618 g/mol. The number of aliphatic carboxylic acids is 1. The zero-order chi connectivity index (χ0) is 33.2. The lowest BCUT2D eigenvalue weighted by atomic mass is 9.99. The van der Waals surface area contributed by atoms with E-state index in [1.807, 2.05) is 0 Å². The standard InChI is InChI=1S/C32H31N3O12/c1-33-11-21(30(40)41)31(42)44-15-25-27(38)28(39)29(47-35-12-17-8-9-34-23(17)13-35)32(46-25)45-19-6-7-20-24(10-19)43-14-22(26(20)37)16-2-4-18(36)5-3-16/h2-10,12,14,21,25,27-29,32-33,36,38-39H,11,13,15H2,1H3,(H,40,41). The van der Waals surface area contributed by atoms with Gasteiger partial charge in [0.2, 0.25) is 12.4 Å². The summed E-state index contributed by atoms with van der Waals surface area (Å²) in [5, 5.41) is 46.3. The molecule has 2 aromatic carbocycles. The number of ether oxygens (including phenoxy) is 3. The zero-order valence-electron chi connectivity index (χ0n) is 24.9. The molecule has 4 heterocycles. The van der Waals surface area contributed by atoms with Crippen molar-refractivity contribution in [1.29, 1.82) is 0 Å². The van der Waals surface area contributed by atoms with Gasteiger partial charge in [0.05, 0.1) is 22.5 Å². The molecule has 0 spiro atoms. The van der Waals surface area contributed by atoms with Crippen molar-refractivity contribution in [2.24, 2.45) is 10.9 Å². The number of phenols is 1. The predicted octanol–water partition coefficient (Wildman–Crippen LogP) is -1.83. The number of allylic oxidation sites excluding steroid dienone is 1. The first-order valence-corrected chi connectivity index (χ1v) is 14.7. The summed E-state index contributed by atoms with van der Waals surface area (Å²) in [7, 11) is 1.45. The lowest BCUT2D eigenvalue weighted by Crippen LogP contribution is -3.07. The number of nitrogens with one attached hydrogen (secondary N) is 2. The fourth-order valence-corrected chi connectivity index (χ4v) is 5.45. The number of benzene rings is 2. The number of aliphatic hydroxyl groups excluding tert-OH is 2. The molecule has 1 fully saturated rings. The number of hydrogen-bond acceptors (Lipinski definition) is 14. The highest BCUT2D eigenvalue weighted by Crippen LogP contribution is 2.29. The molecule has 3 aliphatic heterocycles. The normalized spacial score (nSPS) is 25.6. The van der Waals surface area contributed by atoms with E-state index in [1.54, 1.807) is 30.6 Å². The van der Waals surface area contributed by atoms with Gasteiger partial charge in [0.1, 0.15) is 66.1 Å². The lowest BCUT2D eigenvalue weighted by Gasteiger charge is -2.41. The number of nitrogens with zero attached hydrogens (tertiary/aromatic N) is 1. The maximum Gasteiger partial charge on any atom is 0.316 e. The van der Waals surface area contributed by atoms with Crippen LogP contribution in [0.2, 0.25) is 0 Å². The van der Waals surface area contributed by atoms with Gasteiger partial charge in [-0.15, -0.1) is 0 Å². The molecule has 47 heavy (non-hydrogen) atoms. The SMILES string of the molecule is CNCC(C(=O)[O-])C(=O)OCC1OC(Oc2ccc3c(=O)c(-c4ccc(O)cc4)coc3c2)C(O[NH+]2C=C3C=CN=C3C2)C(O)C1O. The maximum atomic E-state index is 13.2. The monoisotopic (exact) mass is 649 g/mol. The van der Waals surface area contributed by atoms with Crippen molar-refractivity contribution in [3.63, 3.8) is 0 Å². The van der Waals surface area contributed by atoms with Crippen LogP contribution in [0.25, 0.3) is 22.1 Å². The molecule has 246 valence electrons. The molecule has 1 aromatic heterocycles. The number of esters is 1. The Labute approximate surface area is 266 Å². The van der Waals surface area contributed by atoms with Crippen LogP contribution in [0.5, 0.6) is 11.5 Å². The minimum Gasteiger partial charge on any atom is -0.549 e. The summed E-state index contributed by atoms with van der Waals surface area (Å²) in [6.45, 7) is -0.537. The Morgan fingerprint density at radius 2 is 1.96 bits per heavy atom. The summed E-state index contributed by atoms with van der Waals surface area (Å²) in [6.07, 6.45) is -0.768. The number of carboxylic acids is 1. The van der Waals surface area contributed by atoms with Crippen molar-refractivity contribution in [2.45, 2.75) is 30.7 Å². The van der Waals surface area contributed by atoms with Crippen LogP contribution in [0.15, 0.2) is 87.0 Å². The highest BCUT2D eigenvalue weighted by atomic mass is 16.8. The maximum absolute atomic E-state index is 13.2. The van der Waals surface area contributed by atoms with E-state index in [0.29, 0.717) is 17.2 Å². The van der Waals surface area contributed by atoms with Crippen molar-refractivity contribution >= 4 is 28.6 Å². The van der Waals surface area contributed by atoms with Gasteiger partial charge in [0.25, 0.3) is 0 Å². The number of rotatable bonds is 11. The minimum absolute atomic E-state index is 0.0537. The van der Waals surface area contributed by atoms with Crippen LogP contribution in [0.4, 0.5) is 0 Å². The molecule has 7 atom stereocenters. The molecular formula is C32H31N3O12. The Hall–Kier alpha value is -4.90. The second-order valence-electron chi connectivity index (χ2n) is 11.1. The molecule has 15 nitrogen and oxygen atoms in total. The first-order valence-electron chi connectivity index (χ1n) is 14.7. The van der Waals surface area contributed by atoms with Crippen LogP contribution in [-0.4, -0.2) is 90.4 Å². The fourth-order valence-electron chi connectivity index (χ4n) is 5.45. The second-order valence-corrected chi connectivity index (χ2v) is 11.1. The van der Waals surface area contributed by atoms with E-state index < -0.39 is 55.2 Å². The van der Waals surface area contributed by atoms with Crippen molar-refractivity contribution in [2.75, 3.05) is 26.7 Å². The number of hydrogen-bond donors (Lipinski definition) is 5. The summed E-state index contributed by atoms with van der Waals surface area (Å²) in [4.78, 5) is 47.4. The molecule has 3 aromatic rings. The molecule has 0 amide bonds. The number of quaternary nitrogens is 1. The fraction of sp³-hybridized carbons (Fsp3) is 0.312. The van der Waals surface area contributed by atoms with Crippen molar-refractivity contribution in [1.82, 2.24) is 5.32 Å². The summed E-state index contributed by atoms with van der Waals surface area (Å²) in [5.41, 5.74) is 2.31. The first kappa shape index (κ1) is 32.1. The molecule has 3 aliphatic rings. The molecule has 6 rings (SSSR count). The number of carbonyl (C=O) groups excluding carboxylic acids is 2. The third-order valence-corrected chi connectivity index (χ3v) is 7.95. The van der Waals surface area contributed by atoms with E-state index in [4.69, 9.17) is 23.5 Å². The number of aliphatic hydroxyl groups is 2. The summed E-state index contributed by atoms with van der Waals surface area (Å²) in [6, 6.07) is 10.5. The van der Waals surface area contributed by atoms with Gasteiger partial charge in [-0.05, 0) is 43.0 Å². The van der Waals surface area contributed by atoms with Crippen molar-refractivity contribution < 1.29 is 58.5 Å². The van der Waals surface area contributed by atoms with E-state index in [-0.39, 0.29) is 40.0 Å². The van der Waals surface area contributed by atoms with Gasteiger partial charge in [0, 0.05) is 18.8 Å². The minimum atomic E-state index is -1.64. The van der Waals surface area contributed by atoms with Gasteiger partial charge in [-0.2, -0.15) is 9.90 Å². The number of carboxylic acid groups (broad SMARTS) is 1. The Kier molecular flexibility index (Phi) is 9.17. The van der Waals surface area contributed by atoms with Gasteiger partial charge < -0.3 is 49.2 Å². The Morgan fingerprint density at radius 1 is 1.17 bits per heavy atom. The molecule has 7 unspecified atom stereocenters. The molecule has 0 aliphatic carbocycles.